The minimum atomic E-state index is 0.654. The molecule has 0 atom stereocenters. The molecule has 0 aliphatic rings. The van der Waals surface area contributed by atoms with Crippen molar-refractivity contribution in [1.82, 2.24) is 9.97 Å². The van der Waals surface area contributed by atoms with E-state index >= 15 is 0 Å². The number of rotatable bonds is 3. The Balaban J connectivity index is 1.86. The van der Waals surface area contributed by atoms with Gasteiger partial charge in [0.1, 0.15) is 0 Å². The highest BCUT2D eigenvalue weighted by Gasteiger charge is 2.04. The summed E-state index contributed by atoms with van der Waals surface area (Å²) in [5, 5.41) is 4.43. The molecule has 4 heteroatoms. The minimum absolute atomic E-state index is 0.654. The van der Waals surface area contributed by atoms with Gasteiger partial charge in [-0.1, -0.05) is 29.8 Å². The Morgan fingerprint density at radius 2 is 1.95 bits per heavy atom. The average molecular weight is 278 g/mol. The zero-order chi connectivity index (χ0) is 14.8. The molecule has 1 aromatic heterocycles. The molecule has 106 valence electrons. The number of para-hydroxylation sites is 2. The fourth-order valence-electron chi connectivity index (χ4n) is 2.33. The number of fused-ring (bicyclic) bond motifs is 1. The molecular formula is C17H18N4. The Morgan fingerprint density at radius 3 is 2.76 bits per heavy atom. The molecule has 3 aromatic rings. The fraction of sp³-hybridized carbons (Fsp3) is 0.176. The predicted molar refractivity (Wildman–Crippen MR) is 87.8 cm³/mol. The van der Waals surface area contributed by atoms with Gasteiger partial charge in [-0.2, -0.15) is 5.10 Å². The Kier molecular flexibility index (Phi) is 3.44. The molecule has 0 saturated heterocycles. The number of aromatic nitrogens is 2. The molecule has 0 saturated carbocycles. The third kappa shape index (κ3) is 2.79. The van der Waals surface area contributed by atoms with Crippen molar-refractivity contribution in [3.8, 4) is 0 Å². The summed E-state index contributed by atoms with van der Waals surface area (Å²) in [6.45, 7) is 6.18. The number of hydrazone groups is 1. The van der Waals surface area contributed by atoms with Crippen molar-refractivity contribution >= 4 is 22.7 Å². The van der Waals surface area contributed by atoms with Crippen LogP contribution in [0.1, 0.15) is 23.6 Å². The van der Waals surface area contributed by atoms with Gasteiger partial charge >= 0.3 is 0 Å². The maximum atomic E-state index is 4.44. The van der Waals surface area contributed by atoms with Crippen LogP contribution in [-0.2, 0) is 0 Å². The number of nitrogens with zero attached hydrogens (tertiary/aromatic N) is 2. The first-order chi connectivity index (χ1) is 10.1. The number of hydrogen-bond acceptors (Lipinski definition) is 3. The van der Waals surface area contributed by atoms with Crippen LogP contribution in [0.4, 0.5) is 5.95 Å². The van der Waals surface area contributed by atoms with E-state index in [0.717, 1.165) is 22.3 Å². The Labute approximate surface area is 123 Å². The number of hydrogen-bond donors (Lipinski definition) is 2. The van der Waals surface area contributed by atoms with Crippen LogP contribution >= 0.6 is 0 Å². The second kappa shape index (κ2) is 5.40. The lowest BCUT2D eigenvalue weighted by Gasteiger charge is -2.06. The highest BCUT2D eigenvalue weighted by molar-refractivity contribution is 6.00. The summed E-state index contributed by atoms with van der Waals surface area (Å²) in [4.78, 5) is 7.64. The van der Waals surface area contributed by atoms with Crippen LogP contribution in [0.5, 0.6) is 0 Å². The molecule has 0 unspecified atom stereocenters. The number of nitrogens with one attached hydrogen (secondary N) is 2. The smallest absolute Gasteiger partial charge is 0.222 e. The van der Waals surface area contributed by atoms with Crippen LogP contribution in [0.15, 0.2) is 47.6 Å². The normalized spacial score (nSPS) is 11.9. The number of benzene rings is 2. The van der Waals surface area contributed by atoms with Crippen molar-refractivity contribution in [1.29, 1.82) is 0 Å². The lowest BCUT2D eigenvalue weighted by atomic mass is 10.0. The summed E-state index contributed by atoms with van der Waals surface area (Å²) in [5.74, 6) is 0.654. The molecule has 2 aromatic carbocycles. The average Bonchev–Trinajstić information content (AvgIpc) is 2.90. The van der Waals surface area contributed by atoms with Gasteiger partial charge in [-0.15, -0.1) is 0 Å². The van der Waals surface area contributed by atoms with Gasteiger partial charge in [-0.25, -0.2) is 10.4 Å². The third-order valence-electron chi connectivity index (χ3n) is 3.50. The SMILES string of the molecule is C/C(=N\Nc1nc2ccccc2[nH]1)c1cc(C)ccc1C. The Morgan fingerprint density at radius 1 is 1.14 bits per heavy atom. The summed E-state index contributed by atoms with van der Waals surface area (Å²) in [5.41, 5.74) is 9.47. The topological polar surface area (TPSA) is 53.1 Å². The molecule has 0 spiro atoms. The van der Waals surface area contributed by atoms with Crippen molar-refractivity contribution in [2.75, 3.05) is 5.43 Å². The van der Waals surface area contributed by atoms with Crippen molar-refractivity contribution in [2.24, 2.45) is 5.10 Å². The van der Waals surface area contributed by atoms with Gasteiger partial charge in [0.05, 0.1) is 16.7 Å². The van der Waals surface area contributed by atoms with Crippen LogP contribution in [0.2, 0.25) is 0 Å². The van der Waals surface area contributed by atoms with Gasteiger partial charge in [-0.05, 0) is 44.5 Å². The van der Waals surface area contributed by atoms with E-state index in [2.05, 4.69) is 52.5 Å². The summed E-state index contributed by atoms with van der Waals surface area (Å²) < 4.78 is 0. The van der Waals surface area contributed by atoms with Crippen molar-refractivity contribution in [2.45, 2.75) is 20.8 Å². The van der Waals surface area contributed by atoms with E-state index in [9.17, 15) is 0 Å². The van der Waals surface area contributed by atoms with Gasteiger partial charge < -0.3 is 4.98 Å². The highest BCUT2D eigenvalue weighted by Crippen LogP contribution is 2.15. The second-order valence-electron chi connectivity index (χ2n) is 5.23. The standard InChI is InChI=1S/C17H18N4/c1-11-8-9-12(2)14(10-11)13(3)20-21-17-18-15-6-4-5-7-16(15)19-17/h4-10H,1-3H3,(H2,18,19,21)/b20-13+. The minimum Gasteiger partial charge on any atom is -0.323 e. The second-order valence-corrected chi connectivity index (χ2v) is 5.23. The number of aryl methyl sites for hydroxylation is 2. The number of anilines is 1. The molecule has 0 aliphatic heterocycles. The maximum Gasteiger partial charge on any atom is 0.222 e. The molecule has 21 heavy (non-hydrogen) atoms. The molecular weight excluding hydrogens is 260 g/mol. The molecule has 3 rings (SSSR count). The molecule has 0 aliphatic carbocycles. The lowest BCUT2D eigenvalue weighted by Crippen LogP contribution is -2.03. The third-order valence-corrected chi connectivity index (χ3v) is 3.50. The van der Waals surface area contributed by atoms with Crippen LogP contribution in [-0.4, -0.2) is 15.7 Å². The summed E-state index contributed by atoms with van der Waals surface area (Å²) in [6.07, 6.45) is 0. The van der Waals surface area contributed by atoms with Crippen LogP contribution in [0.25, 0.3) is 11.0 Å². The molecule has 2 N–H and O–H groups in total. The van der Waals surface area contributed by atoms with Crippen molar-refractivity contribution in [3.63, 3.8) is 0 Å². The first kappa shape index (κ1) is 13.4. The summed E-state index contributed by atoms with van der Waals surface area (Å²) >= 11 is 0. The zero-order valence-corrected chi connectivity index (χ0v) is 12.4. The largest absolute Gasteiger partial charge is 0.323 e. The Bertz CT molecular complexity index is 782. The van der Waals surface area contributed by atoms with Gasteiger partial charge in [0.25, 0.3) is 0 Å². The van der Waals surface area contributed by atoms with E-state index in [1.165, 1.54) is 11.1 Å². The summed E-state index contributed by atoms with van der Waals surface area (Å²) in [6, 6.07) is 14.3. The zero-order valence-electron chi connectivity index (χ0n) is 12.4. The molecule has 4 nitrogen and oxygen atoms in total. The molecule has 0 bridgehead atoms. The van der Waals surface area contributed by atoms with Gasteiger partial charge in [0.2, 0.25) is 5.95 Å². The molecule has 0 amide bonds. The van der Waals surface area contributed by atoms with Crippen molar-refractivity contribution < 1.29 is 0 Å². The first-order valence-corrected chi connectivity index (χ1v) is 6.96. The first-order valence-electron chi connectivity index (χ1n) is 6.96. The van der Waals surface area contributed by atoms with Gasteiger partial charge in [0, 0.05) is 5.56 Å². The molecule has 0 fully saturated rings. The van der Waals surface area contributed by atoms with E-state index in [0.29, 0.717) is 5.95 Å². The lowest BCUT2D eigenvalue weighted by molar-refractivity contribution is 1.20. The molecule has 0 radical (unpaired) electrons. The molecule has 1 heterocycles. The van der Waals surface area contributed by atoms with E-state index in [-0.39, 0.29) is 0 Å². The predicted octanol–water partition coefficient (Wildman–Crippen LogP) is 4.02. The fourth-order valence-corrected chi connectivity index (χ4v) is 2.33. The highest BCUT2D eigenvalue weighted by atomic mass is 15.4. The van der Waals surface area contributed by atoms with E-state index < -0.39 is 0 Å². The monoisotopic (exact) mass is 278 g/mol. The van der Waals surface area contributed by atoms with Crippen molar-refractivity contribution in [3.05, 3.63) is 59.2 Å². The van der Waals surface area contributed by atoms with E-state index in [1.807, 2.05) is 31.2 Å². The van der Waals surface area contributed by atoms with E-state index in [1.54, 1.807) is 0 Å². The van der Waals surface area contributed by atoms with Crippen LogP contribution in [0.3, 0.4) is 0 Å². The van der Waals surface area contributed by atoms with Gasteiger partial charge in [-0.3, -0.25) is 0 Å². The van der Waals surface area contributed by atoms with Crippen LogP contribution < -0.4 is 5.43 Å². The maximum absolute atomic E-state index is 4.44. The van der Waals surface area contributed by atoms with Gasteiger partial charge in [0.15, 0.2) is 0 Å². The summed E-state index contributed by atoms with van der Waals surface area (Å²) in [7, 11) is 0. The quantitative estimate of drug-likeness (QED) is 0.561. The Hall–Kier alpha value is -2.62. The number of H-pyrrole nitrogens is 1. The number of imidazole rings is 1. The van der Waals surface area contributed by atoms with E-state index in [4.69, 9.17) is 0 Å². The van der Waals surface area contributed by atoms with Crippen LogP contribution in [0, 0.1) is 13.8 Å². The number of aromatic amines is 1.